The van der Waals surface area contributed by atoms with E-state index in [-0.39, 0.29) is 11.1 Å². The molecule has 0 bridgehead atoms. The van der Waals surface area contributed by atoms with E-state index < -0.39 is 0 Å². The third kappa shape index (κ3) is 3.42. The van der Waals surface area contributed by atoms with Gasteiger partial charge in [0.1, 0.15) is 0 Å². The van der Waals surface area contributed by atoms with Gasteiger partial charge in [-0.1, -0.05) is 6.07 Å². The Morgan fingerprint density at radius 2 is 1.86 bits per heavy atom. The summed E-state index contributed by atoms with van der Waals surface area (Å²) < 4.78 is 10.4. The normalized spacial score (nSPS) is 16.8. The molecular formula is C15H19N2O4S+. The van der Waals surface area contributed by atoms with Crippen molar-refractivity contribution in [2.75, 3.05) is 35.0 Å². The molecule has 0 aliphatic carbocycles. The van der Waals surface area contributed by atoms with Crippen molar-refractivity contribution in [3.63, 3.8) is 0 Å². The molecule has 1 aliphatic rings. The van der Waals surface area contributed by atoms with Gasteiger partial charge < -0.3 is 14.4 Å². The SMILES string of the molecule is COc1ccc(/C=C2/SC(=O)N(C[NH+](C)C)C2=O)cc1OC. The van der Waals surface area contributed by atoms with E-state index in [1.54, 1.807) is 32.4 Å². The highest BCUT2D eigenvalue weighted by atomic mass is 32.2. The van der Waals surface area contributed by atoms with Gasteiger partial charge in [0.25, 0.3) is 11.1 Å². The molecule has 1 aromatic carbocycles. The van der Waals surface area contributed by atoms with Crippen LogP contribution in [0.5, 0.6) is 11.5 Å². The van der Waals surface area contributed by atoms with Crippen LogP contribution in [0.25, 0.3) is 6.08 Å². The molecule has 0 spiro atoms. The highest BCUT2D eigenvalue weighted by Gasteiger charge is 2.36. The van der Waals surface area contributed by atoms with Gasteiger partial charge in [-0.2, -0.15) is 0 Å². The van der Waals surface area contributed by atoms with Crippen molar-refractivity contribution < 1.29 is 24.0 Å². The third-order valence-corrected chi connectivity index (χ3v) is 3.96. The summed E-state index contributed by atoms with van der Waals surface area (Å²) in [5.74, 6) is 0.933. The van der Waals surface area contributed by atoms with Crippen LogP contribution in [-0.2, 0) is 4.79 Å². The molecule has 1 aliphatic heterocycles. The molecule has 7 heteroatoms. The average Bonchev–Trinajstić information content (AvgIpc) is 2.74. The molecule has 0 atom stereocenters. The van der Waals surface area contributed by atoms with Gasteiger partial charge in [-0.15, -0.1) is 0 Å². The maximum atomic E-state index is 12.3. The van der Waals surface area contributed by atoms with E-state index in [1.165, 1.54) is 4.90 Å². The van der Waals surface area contributed by atoms with Gasteiger partial charge in [-0.25, -0.2) is 4.90 Å². The standard InChI is InChI=1S/C15H18N2O4S/c1-16(2)9-17-14(18)13(22-15(17)19)8-10-5-6-11(20-3)12(7-10)21-4/h5-8H,9H2,1-4H3/p+1/b13-8+. The molecule has 6 nitrogen and oxygen atoms in total. The Morgan fingerprint density at radius 1 is 1.18 bits per heavy atom. The van der Waals surface area contributed by atoms with Crippen molar-refractivity contribution in [1.29, 1.82) is 0 Å². The second-order valence-electron chi connectivity index (χ2n) is 5.09. The van der Waals surface area contributed by atoms with Gasteiger partial charge in [0.05, 0.1) is 33.2 Å². The third-order valence-electron chi connectivity index (χ3n) is 3.05. The number of quaternary nitrogens is 1. The van der Waals surface area contributed by atoms with Crippen molar-refractivity contribution >= 4 is 29.0 Å². The summed E-state index contributed by atoms with van der Waals surface area (Å²) in [7, 11) is 6.89. The van der Waals surface area contributed by atoms with Crippen LogP contribution in [0, 0.1) is 0 Å². The van der Waals surface area contributed by atoms with Crippen LogP contribution >= 0.6 is 11.8 Å². The fraction of sp³-hybridized carbons (Fsp3) is 0.333. The quantitative estimate of drug-likeness (QED) is 0.814. The highest BCUT2D eigenvalue weighted by molar-refractivity contribution is 8.18. The smallest absolute Gasteiger partial charge is 0.298 e. The first kappa shape index (κ1) is 16.4. The van der Waals surface area contributed by atoms with Crippen molar-refractivity contribution in [3.05, 3.63) is 28.7 Å². The number of ether oxygens (including phenoxy) is 2. The Labute approximate surface area is 133 Å². The first-order valence-electron chi connectivity index (χ1n) is 6.72. The number of carbonyl (C=O) groups is 2. The van der Waals surface area contributed by atoms with Gasteiger partial charge in [-0.05, 0) is 35.5 Å². The summed E-state index contributed by atoms with van der Waals surface area (Å²) in [6.07, 6.45) is 1.69. The van der Waals surface area contributed by atoms with Crippen molar-refractivity contribution in [2.24, 2.45) is 0 Å². The minimum Gasteiger partial charge on any atom is -0.493 e. The molecule has 0 saturated carbocycles. The van der Waals surface area contributed by atoms with Crippen LogP contribution in [0.15, 0.2) is 23.1 Å². The number of hydrogen-bond acceptors (Lipinski definition) is 5. The van der Waals surface area contributed by atoms with Crippen LogP contribution in [0.4, 0.5) is 4.79 Å². The zero-order chi connectivity index (χ0) is 16.3. The summed E-state index contributed by atoms with van der Waals surface area (Å²) >= 11 is 0.955. The molecule has 1 heterocycles. The molecule has 2 rings (SSSR count). The molecule has 118 valence electrons. The summed E-state index contributed by atoms with van der Waals surface area (Å²) in [5.41, 5.74) is 0.778. The van der Waals surface area contributed by atoms with Gasteiger partial charge in [0, 0.05) is 0 Å². The van der Waals surface area contributed by atoms with Crippen LogP contribution in [0.3, 0.4) is 0 Å². The monoisotopic (exact) mass is 323 g/mol. The zero-order valence-electron chi connectivity index (χ0n) is 13.0. The Morgan fingerprint density at radius 3 is 2.45 bits per heavy atom. The first-order valence-corrected chi connectivity index (χ1v) is 7.54. The maximum Gasteiger partial charge on any atom is 0.298 e. The Balaban J connectivity index is 2.27. The number of benzene rings is 1. The maximum absolute atomic E-state index is 12.3. The molecule has 0 aromatic heterocycles. The van der Waals surface area contributed by atoms with E-state index in [4.69, 9.17) is 9.47 Å². The fourth-order valence-electron chi connectivity index (χ4n) is 2.05. The number of nitrogens with zero attached hydrogens (tertiary/aromatic N) is 1. The van der Waals surface area contributed by atoms with E-state index in [2.05, 4.69) is 0 Å². The van der Waals surface area contributed by atoms with Gasteiger partial charge in [-0.3, -0.25) is 9.59 Å². The minimum absolute atomic E-state index is 0.238. The lowest BCUT2D eigenvalue weighted by atomic mass is 10.2. The van der Waals surface area contributed by atoms with Gasteiger partial charge in [0.2, 0.25) is 0 Å². The molecule has 0 unspecified atom stereocenters. The molecule has 1 saturated heterocycles. The molecular weight excluding hydrogens is 304 g/mol. The van der Waals surface area contributed by atoms with Crippen LogP contribution in [-0.4, -0.2) is 51.0 Å². The lowest BCUT2D eigenvalue weighted by Crippen LogP contribution is -3.07. The first-order chi connectivity index (χ1) is 10.5. The molecule has 1 aromatic rings. The minimum atomic E-state index is -0.258. The largest absolute Gasteiger partial charge is 0.493 e. The summed E-state index contributed by atoms with van der Waals surface area (Å²) in [6.45, 7) is 0.355. The number of rotatable bonds is 5. The van der Waals surface area contributed by atoms with Gasteiger partial charge >= 0.3 is 0 Å². The van der Waals surface area contributed by atoms with E-state index in [9.17, 15) is 9.59 Å². The fourth-order valence-corrected chi connectivity index (χ4v) is 2.88. The zero-order valence-corrected chi connectivity index (χ0v) is 13.8. The Kier molecular flexibility index (Phi) is 5.10. The van der Waals surface area contributed by atoms with Crippen LogP contribution < -0.4 is 14.4 Å². The summed E-state index contributed by atoms with van der Waals surface area (Å²) in [4.78, 5) is 26.9. The number of amides is 2. The second-order valence-corrected chi connectivity index (χ2v) is 6.08. The predicted molar refractivity (Wildman–Crippen MR) is 85.0 cm³/mol. The summed E-state index contributed by atoms with van der Waals surface area (Å²) in [5, 5.41) is -0.238. The number of imide groups is 1. The summed E-state index contributed by atoms with van der Waals surface area (Å²) in [6, 6.07) is 5.34. The highest BCUT2D eigenvalue weighted by Crippen LogP contribution is 2.33. The molecule has 2 amide bonds. The van der Waals surface area contributed by atoms with Gasteiger partial charge in [0.15, 0.2) is 18.2 Å². The molecule has 0 radical (unpaired) electrons. The average molecular weight is 323 g/mol. The van der Waals surface area contributed by atoms with E-state index in [0.717, 1.165) is 22.2 Å². The number of methoxy groups -OCH3 is 2. The Bertz CT molecular complexity index is 628. The number of hydrogen-bond donors (Lipinski definition) is 1. The number of thioether (sulfide) groups is 1. The Hall–Kier alpha value is -1.99. The number of nitrogens with one attached hydrogen (secondary N) is 1. The lowest BCUT2D eigenvalue weighted by Gasteiger charge is -2.14. The van der Waals surface area contributed by atoms with Crippen molar-refractivity contribution in [1.82, 2.24) is 4.90 Å². The predicted octanol–water partition coefficient (Wildman–Crippen LogP) is 0.842. The topological polar surface area (TPSA) is 60.3 Å². The van der Waals surface area contributed by atoms with E-state index in [1.807, 2.05) is 20.2 Å². The van der Waals surface area contributed by atoms with E-state index in [0.29, 0.717) is 23.1 Å². The second kappa shape index (κ2) is 6.85. The lowest BCUT2D eigenvalue weighted by molar-refractivity contribution is -0.866. The number of carbonyl (C=O) groups excluding carboxylic acids is 2. The van der Waals surface area contributed by atoms with E-state index >= 15 is 0 Å². The van der Waals surface area contributed by atoms with Crippen molar-refractivity contribution in [3.8, 4) is 11.5 Å². The van der Waals surface area contributed by atoms with Crippen LogP contribution in [0.2, 0.25) is 0 Å². The molecule has 22 heavy (non-hydrogen) atoms. The molecule has 1 N–H and O–H groups in total. The van der Waals surface area contributed by atoms with Crippen molar-refractivity contribution in [2.45, 2.75) is 0 Å². The molecule has 1 fully saturated rings. The van der Waals surface area contributed by atoms with Crippen LogP contribution in [0.1, 0.15) is 5.56 Å².